The molecule has 1 aromatic carbocycles. The number of hydrogen-bond acceptors (Lipinski definition) is 1. The molecular weight excluding hydrogens is 292 g/mol. The molecule has 0 fully saturated rings. The number of hydrogen-bond donors (Lipinski definition) is 0. The number of ether oxygens (including phenoxy) is 1. The average molecular weight is 325 g/mol. The predicted octanol–water partition coefficient (Wildman–Crippen LogP) is 3.33. The second kappa shape index (κ2) is 5.46. The molecule has 1 rings (SSSR count). The van der Waals surface area contributed by atoms with Gasteiger partial charge in [-0.05, 0) is 10.4 Å². The molecule has 0 amide bonds. The minimum absolute atomic E-state index is 1.20. The van der Waals surface area contributed by atoms with Gasteiger partial charge in [0.05, 0.1) is 31.3 Å². The van der Waals surface area contributed by atoms with E-state index >= 15 is 0 Å². The van der Waals surface area contributed by atoms with Crippen LogP contribution >= 0.6 is 0 Å². The Kier molecular flexibility index (Phi) is 4.84. The second-order valence-corrected chi connectivity index (χ2v) is 24.0. The summed E-state index contributed by atoms with van der Waals surface area (Å²) in [7, 11) is -2.26. The van der Waals surface area contributed by atoms with Crippen molar-refractivity contribution in [1.82, 2.24) is 0 Å². The largest absolute Gasteiger partial charge is 0.497 e. The molecule has 0 atom stereocenters. The van der Waals surface area contributed by atoms with E-state index in [1.807, 2.05) is 7.11 Å². The van der Waals surface area contributed by atoms with E-state index < -0.39 is 24.2 Å². The quantitative estimate of drug-likeness (QED) is 0.772. The molecule has 20 heavy (non-hydrogen) atoms. The third-order valence-electron chi connectivity index (χ3n) is 3.78. The summed E-state index contributed by atoms with van der Waals surface area (Å²) in [5.41, 5.74) is 0. The number of benzene rings is 1. The van der Waals surface area contributed by atoms with Gasteiger partial charge < -0.3 is 4.74 Å². The van der Waals surface area contributed by atoms with Crippen LogP contribution in [-0.4, -0.2) is 31.3 Å². The van der Waals surface area contributed by atoms with Crippen molar-refractivity contribution in [1.29, 1.82) is 0 Å². The van der Waals surface area contributed by atoms with Gasteiger partial charge in [-0.1, -0.05) is 76.2 Å². The molecule has 0 aliphatic rings. The molecule has 0 aromatic heterocycles. The monoisotopic (exact) mass is 324 g/mol. The van der Waals surface area contributed by atoms with E-state index in [1.54, 1.807) is 5.19 Å². The first-order valence-electron chi connectivity index (χ1n) is 7.52. The van der Waals surface area contributed by atoms with Crippen LogP contribution in [0.5, 0.6) is 5.75 Å². The summed E-state index contributed by atoms with van der Waals surface area (Å²) in [6.45, 7) is 21.9. The summed E-state index contributed by atoms with van der Waals surface area (Å²) in [6.07, 6.45) is 0. The van der Waals surface area contributed by atoms with E-state index in [2.05, 4.69) is 71.1 Å². The first-order chi connectivity index (χ1) is 8.78. The maximum atomic E-state index is 5.88. The highest BCUT2D eigenvalue weighted by molar-refractivity contribution is 6.95. The first kappa shape index (κ1) is 17.7. The van der Waals surface area contributed by atoms with Crippen LogP contribution in [0.25, 0.3) is 0 Å². The minimum Gasteiger partial charge on any atom is -0.497 e. The van der Waals surface area contributed by atoms with Crippen molar-refractivity contribution in [3.63, 3.8) is 0 Å². The molecule has 114 valence electrons. The maximum absolute atomic E-state index is 5.88. The summed E-state index contributed by atoms with van der Waals surface area (Å²) in [6, 6.07) is 4.95. The van der Waals surface area contributed by atoms with E-state index in [0.29, 0.717) is 0 Å². The molecule has 0 saturated carbocycles. The molecule has 0 saturated heterocycles. The van der Waals surface area contributed by atoms with Gasteiger partial charge in [0, 0.05) is 0 Å². The average Bonchev–Trinajstić information content (AvgIpc) is 2.23. The van der Waals surface area contributed by atoms with Gasteiger partial charge in [0.2, 0.25) is 0 Å². The Labute approximate surface area is 128 Å². The van der Waals surface area contributed by atoms with E-state index in [9.17, 15) is 0 Å². The van der Waals surface area contributed by atoms with E-state index in [-0.39, 0.29) is 0 Å². The normalized spacial score (nSPS) is 13.5. The minimum atomic E-state index is -1.40. The molecule has 0 bridgehead atoms. The van der Waals surface area contributed by atoms with Gasteiger partial charge in [0.1, 0.15) is 5.75 Å². The smallest absolute Gasteiger partial charge is 0.117 e. The highest BCUT2D eigenvalue weighted by Crippen LogP contribution is 2.17. The zero-order valence-corrected chi connectivity index (χ0v) is 18.1. The standard InChI is InChI=1S/C16H32OSi3/c1-17-16-14(19(5,6)7)11-13(18(2,3)4)12-15(16)20(8,9)10/h11-12H,1-10H3. The van der Waals surface area contributed by atoms with Gasteiger partial charge in [-0.15, -0.1) is 0 Å². The van der Waals surface area contributed by atoms with Crippen LogP contribution in [0.3, 0.4) is 0 Å². The Balaban J connectivity index is 3.75. The second-order valence-electron chi connectivity index (χ2n) is 8.85. The van der Waals surface area contributed by atoms with E-state index in [0.717, 1.165) is 0 Å². The Hall–Kier alpha value is -0.329. The van der Waals surface area contributed by atoms with Gasteiger partial charge in [-0.2, -0.15) is 0 Å². The molecule has 0 N–H and O–H groups in total. The first-order valence-corrected chi connectivity index (χ1v) is 18.0. The highest BCUT2D eigenvalue weighted by atomic mass is 28.3. The van der Waals surface area contributed by atoms with Crippen molar-refractivity contribution < 1.29 is 4.74 Å². The van der Waals surface area contributed by atoms with E-state index in [4.69, 9.17) is 4.74 Å². The van der Waals surface area contributed by atoms with Crippen molar-refractivity contribution in [3.8, 4) is 5.75 Å². The van der Waals surface area contributed by atoms with Crippen LogP contribution in [0.1, 0.15) is 0 Å². The molecule has 1 aromatic rings. The Morgan fingerprint density at radius 1 is 0.650 bits per heavy atom. The molecule has 0 radical (unpaired) electrons. The highest BCUT2D eigenvalue weighted by Gasteiger charge is 2.31. The van der Waals surface area contributed by atoms with Crippen LogP contribution in [0.2, 0.25) is 58.9 Å². The van der Waals surface area contributed by atoms with Gasteiger partial charge in [-0.25, -0.2) is 0 Å². The lowest BCUT2D eigenvalue weighted by atomic mass is 10.3. The Bertz CT molecular complexity index is 453. The summed E-state index contributed by atoms with van der Waals surface area (Å²) in [4.78, 5) is 0. The van der Waals surface area contributed by atoms with Crippen LogP contribution in [-0.2, 0) is 0 Å². The summed E-state index contributed by atoms with van der Waals surface area (Å²) in [5, 5.41) is 4.61. The number of methoxy groups -OCH3 is 1. The van der Waals surface area contributed by atoms with Crippen molar-refractivity contribution >= 4 is 39.8 Å². The predicted molar refractivity (Wildman–Crippen MR) is 102 cm³/mol. The summed E-state index contributed by atoms with van der Waals surface area (Å²) in [5.74, 6) is 1.20. The zero-order chi connectivity index (χ0) is 15.9. The van der Waals surface area contributed by atoms with Gasteiger partial charge in [0.25, 0.3) is 0 Å². The third kappa shape index (κ3) is 3.86. The van der Waals surface area contributed by atoms with Gasteiger partial charge in [-0.3, -0.25) is 0 Å². The van der Waals surface area contributed by atoms with Gasteiger partial charge >= 0.3 is 0 Å². The SMILES string of the molecule is COc1c([Si](C)(C)C)cc([Si](C)(C)C)cc1[Si](C)(C)C. The molecular formula is C16H32OSi3. The van der Waals surface area contributed by atoms with Crippen LogP contribution in [0.4, 0.5) is 0 Å². The van der Waals surface area contributed by atoms with Gasteiger partial charge in [0.15, 0.2) is 0 Å². The van der Waals surface area contributed by atoms with Crippen LogP contribution in [0.15, 0.2) is 12.1 Å². The Morgan fingerprint density at radius 3 is 1.20 bits per heavy atom. The molecule has 4 heteroatoms. The molecule has 0 spiro atoms. The topological polar surface area (TPSA) is 9.23 Å². The maximum Gasteiger partial charge on any atom is 0.117 e. The lowest BCUT2D eigenvalue weighted by molar-refractivity contribution is 0.421. The zero-order valence-electron chi connectivity index (χ0n) is 15.1. The summed E-state index contributed by atoms with van der Waals surface area (Å²) < 4.78 is 5.88. The summed E-state index contributed by atoms with van der Waals surface area (Å²) >= 11 is 0. The van der Waals surface area contributed by atoms with Crippen molar-refractivity contribution in [2.24, 2.45) is 0 Å². The molecule has 0 aliphatic heterocycles. The van der Waals surface area contributed by atoms with Crippen LogP contribution < -0.4 is 20.3 Å². The van der Waals surface area contributed by atoms with Crippen molar-refractivity contribution in [3.05, 3.63) is 12.1 Å². The molecule has 1 nitrogen and oxygen atoms in total. The fraction of sp³-hybridized carbons (Fsp3) is 0.625. The lowest BCUT2D eigenvalue weighted by Gasteiger charge is -2.30. The Morgan fingerprint density at radius 2 is 1.00 bits per heavy atom. The molecule has 0 unspecified atom stereocenters. The third-order valence-corrected chi connectivity index (χ3v) is 9.77. The van der Waals surface area contributed by atoms with Crippen molar-refractivity contribution in [2.75, 3.05) is 7.11 Å². The van der Waals surface area contributed by atoms with Crippen molar-refractivity contribution in [2.45, 2.75) is 58.9 Å². The fourth-order valence-corrected chi connectivity index (χ4v) is 6.98. The molecule has 0 heterocycles. The molecule has 0 aliphatic carbocycles. The van der Waals surface area contributed by atoms with E-state index in [1.165, 1.54) is 16.1 Å². The fourth-order valence-electron chi connectivity index (χ4n) is 2.40. The lowest BCUT2D eigenvalue weighted by Crippen LogP contribution is -2.52. The van der Waals surface area contributed by atoms with Crippen LogP contribution in [0, 0.1) is 0 Å². The number of rotatable bonds is 4.